The Hall–Kier alpha value is -1.41. The molecule has 20 heavy (non-hydrogen) atoms. The lowest BCUT2D eigenvalue weighted by atomic mass is 10.1. The zero-order chi connectivity index (χ0) is 14.8. The molecule has 0 aliphatic heterocycles. The molecule has 2 rings (SSSR count). The van der Waals surface area contributed by atoms with Crippen LogP contribution in [0.2, 0.25) is 0 Å². The van der Waals surface area contributed by atoms with E-state index in [9.17, 15) is 18.0 Å². The number of halogens is 3. The van der Waals surface area contributed by atoms with Crippen LogP contribution in [0.4, 0.5) is 13.2 Å². The minimum Gasteiger partial charge on any atom is -0.298 e. The van der Waals surface area contributed by atoms with Gasteiger partial charge in [-0.15, -0.1) is 0 Å². The van der Waals surface area contributed by atoms with Gasteiger partial charge in [-0.05, 0) is 29.7 Å². The molecule has 1 heterocycles. The maximum Gasteiger partial charge on any atom is 0.417 e. The van der Waals surface area contributed by atoms with Gasteiger partial charge in [0.2, 0.25) is 0 Å². The van der Waals surface area contributed by atoms with E-state index in [0.29, 0.717) is 21.5 Å². The van der Waals surface area contributed by atoms with Gasteiger partial charge in [0.25, 0.3) is 0 Å². The summed E-state index contributed by atoms with van der Waals surface area (Å²) in [6.07, 6.45) is -3.67. The Kier molecular flexibility index (Phi) is 4.44. The van der Waals surface area contributed by atoms with E-state index in [4.69, 9.17) is 0 Å². The van der Waals surface area contributed by atoms with Crippen molar-refractivity contribution in [3.05, 3.63) is 35.2 Å². The van der Waals surface area contributed by atoms with Crippen LogP contribution < -0.4 is 0 Å². The van der Waals surface area contributed by atoms with Crippen molar-refractivity contribution < 1.29 is 18.0 Å². The molecule has 0 aliphatic carbocycles. The highest BCUT2D eigenvalue weighted by molar-refractivity contribution is 8.01. The molecule has 0 spiro atoms. The predicted octanol–water partition coefficient (Wildman–Crippen LogP) is 4.08. The topological polar surface area (TPSA) is 42.9 Å². The molecule has 2 aromatic rings. The number of carbonyl (C=O) groups excluding carboxylic acids is 1. The average Bonchev–Trinajstić information content (AvgIpc) is 2.85. The van der Waals surface area contributed by atoms with Crippen molar-refractivity contribution in [2.75, 3.05) is 0 Å². The number of aromatic nitrogens is 2. The van der Waals surface area contributed by atoms with Gasteiger partial charge in [0.05, 0.1) is 5.56 Å². The number of benzene rings is 1. The van der Waals surface area contributed by atoms with Crippen molar-refractivity contribution >= 4 is 29.6 Å². The molecule has 0 atom stereocenters. The highest BCUT2D eigenvalue weighted by Gasteiger charge is 2.33. The fourth-order valence-electron chi connectivity index (χ4n) is 1.47. The van der Waals surface area contributed by atoms with Gasteiger partial charge in [0.15, 0.2) is 10.6 Å². The summed E-state index contributed by atoms with van der Waals surface area (Å²) in [5.41, 5.74) is -1.30. The first-order valence-corrected chi connectivity index (χ1v) is 7.20. The summed E-state index contributed by atoms with van der Waals surface area (Å²) in [6.45, 7) is 1.90. The molecule has 0 saturated carbocycles. The zero-order valence-electron chi connectivity index (χ0n) is 10.3. The Morgan fingerprint density at radius 3 is 2.70 bits per heavy atom. The number of rotatable bonds is 4. The van der Waals surface area contributed by atoms with E-state index in [-0.39, 0.29) is 11.8 Å². The molecule has 3 nitrogen and oxygen atoms in total. The first kappa shape index (κ1) is 15.0. The lowest BCUT2D eigenvalue weighted by Crippen LogP contribution is -2.08. The third-order valence-electron chi connectivity index (χ3n) is 2.43. The first-order valence-electron chi connectivity index (χ1n) is 5.61. The van der Waals surface area contributed by atoms with Crippen molar-refractivity contribution in [3.8, 4) is 0 Å². The van der Waals surface area contributed by atoms with Crippen LogP contribution in [0, 0.1) is 0 Å². The molecule has 8 heteroatoms. The minimum absolute atomic E-state index is 0.206. The quantitative estimate of drug-likeness (QED) is 0.797. The van der Waals surface area contributed by atoms with E-state index in [1.807, 2.05) is 6.92 Å². The number of carbonyl (C=O) groups is 1. The van der Waals surface area contributed by atoms with Gasteiger partial charge in [-0.1, -0.05) is 18.7 Å². The Bertz CT molecular complexity index is 625. The third kappa shape index (κ3) is 3.37. The fourth-order valence-corrected chi connectivity index (χ4v) is 3.19. The number of hydrogen-bond acceptors (Lipinski definition) is 5. The van der Waals surface area contributed by atoms with Crippen LogP contribution in [0.5, 0.6) is 0 Å². The molecule has 0 N–H and O–H groups in total. The molecule has 0 radical (unpaired) electrons. The fraction of sp³-hybridized carbons (Fsp3) is 0.250. The van der Waals surface area contributed by atoms with E-state index in [1.54, 1.807) is 0 Å². The van der Waals surface area contributed by atoms with Gasteiger partial charge < -0.3 is 0 Å². The molecule has 0 bridgehead atoms. The summed E-state index contributed by atoms with van der Waals surface area (Å²) in [7, 11) is 0. The average molecular weight is 318 g/mol. The number of hydrogen-bond donors (Lipinski definition) is 0. The van der Waals surface area contributed by atoms with Crippen molar-refractivity contribution in [2.24, 2.45) is 0 Å². The molecule has 1 aromatic heterocycles. The number of alkyl halides is 3. The van der Waals surface area contributed by atoms with Gasteiger partial charge in [0, 0.05) is 16.9 Å². The molecule has 0 aliphatic rings. The maximum absolute atomic E-state index is 12.8. The number of aldehydes is 1. The summed E-state index contributed by atoms with van der Waals surface area (Å²) in [5, 5.41) is 0. The molecule has 0 amide bonds. The molecule has 0 fully saturated rings. The molecule has 106 valence electrons. The van der Waals surface area contributed by atoms with Gasteiger partial charge in [0.1, 0.15) is 5.82 Å². The normalized spacial score (nSPS) is 11.6. The second-order valence-corrected chi connectivity index (χ2v) is 5.87. The molecule has 0 saturated heterocycles. The first-order chi connectivity index (χ1) is 9.44. The van der Waals surface area contributed by atoms with Crippen LogP contribution in [-0.4, -0.2) is 15.6 Å². The second-order valence-electron chi connectivity index (χ2n) is 3.80. The SMILES string of the molecule is CCc1nsc(Sc2ccc(C=O)c(C(F)(F)F)c2)n1. The monoisotopic (exact) mass is 318 g/mol. The molecular weight excluding hydrogens is 309 g/mol. The second kappa shape index (κ2) is 5.92. The standard InChI is InChI=1S/C12H9F3N2OS2/c1-2-10-16-11(20-17-10)19-8-4-3-7(6-18)9(5-8)12(13,14)15/h3-6H,2H2,1H3. The van der Waals surface area contributed by atoms with Crippen LogP contribution in [0.1, 0.15) is 28.7 Å². The zero-order valence-corrected chi connectivity index (χ0v) is 11.9. The smallest absolute Gasteiger partial charge is 0.298 e. The van der Waals surface area contributed by atoms with Crippen LogP contribution in [-0.2, 0) is 12.6 Å². The van der Waals surface area contributed by atoms with Gasteiger partial charge in [-0.3, -0.25) is 4.79 Å². The van der Waals surface area contributed by atoms with E-state index in [1.165, 1.54) is 12.1 Å². The van der Waals surface area contributed by atoms with Crippen LogP contribution in [0.15, 0.2) is 27.4 Å². The lowest BCUT2D eigenvalue weighted by molar-refractivity contribution is -0.138. The number of nitrogens with zero attached hydrogens (tertiary/aromatic N) is 2. The highest BCUT2D eigenvalue weighted by atomic mass is 32.2. The largest absolute Gasteiger partial charge is 0.417 e. The summed E-state index contributed by atoms with van der Waals surface area (Å²) in [6, 6.07) is 3.60. The third-order valence-corrected chi connectivity index (χ3v) is 4.21. The maximum atomic E-state index is 12.8. The van der Waals surface area contributed by atoms with E-state index in [2.05, 4.69) is 9.36 Å². The van der Waals surface area contributed by atoms with Crippen molar-refractivity contribution in [3.63, 3.8) is 0 Å². The van der Waals surface area contributed by atoms with E-state index < -0.39 is 11.7 Å². The van der Waals surface area contributed by atoms with Crippen molar-refractivity contribution in [2.45, 2.75) is 28.8 Å². The van der Waals surface area contributed by atoms with E-state index >= 15 is 0 Å². The van der Waals surface area contributed by atoms with Gasteiger partial charge in [-0.25, -0.2) is 4.98 Å². The van der Waals surface area contributed by atoms with Crippen LogP contribution >= 0.6 is 23.3 Å². The summed E-state index contributed by atoms with van der Waals surface area (Å²) >= 11 is 2.25. The Labute approximate surface area is 121 Å². The van der Waals surface area contributed by atoms with Gasteiger partial charge in [-0.2, -0.15) is 17.5 Å². The van der Waals surface area contributed by atoms with Crippen molar-refractivity contribution in [1.82, 2.24) is 9.36 Å². The Morgan fingerprint density at radius 2 is 2.15 bits per heavy atom. The highest BCUT2D eigenvalue weighted by Crippen LogP contribution is 2.36. The Balaban J connectivity index is 2.31. The summed E-state index contributed by atoms with van der Waals surface area (Å²) in [4.78, 5) is 15.2. The summed E-state index contributed by atoms with van der Waals surface area (Å²) in [5.74, 6) is 0.665. The molecule has 0 unspecified atom stereocenters. The molecule has 1 aromatic carbocycles. The summed E-state index contributed by atoms with van der Waals surface area (Å²) < 4.78 is 43.1. The van der Waals surface area contributed by atoms with Crippen molar-refractivity contribution in [1.29, 1.82) is 0 Å². The Morgan fingerprint density at radius 1 is 1.40 bits per heavy atom. The van der Waals surface area contributed by atoms with E-state index in [0.717, 1.165) is 29.4 Å². The number of aryl methyl sites for hydroxylation is 1. The minimum atomic E-state index is -4.55. The predicted molar refractivity (Wildman–Crippen MR) is 70.2 cm³/mol. The molecular formula is C12H9F3N2OS2. The lowest BCUT2D eigenvalue weighted by Gasteiger charge is -2.10. The van der Waals surface area contributed by atoms with Crippen LogP contribution in [0.25, 0.3) is 0 Å². The van der Waals surface area contributed by atoms with Crippen LogP contribution in [0.3, 0.4) is 0 Å². The van der Waals surface area contributed by atoms with Gasteiger partial charge >= 0.3 is 6.18 Å².